The highest BCUT2D eigenvalue weighted by Gasteiger charge is 2.26. The Bertz CT molecular complexity index is 608. The molecule has 1 amide bonds. The number of hydrogen-bond acceptors (Lipinski definition) is 4. The fraction of sp³-hybridized carbons (Fsp3) is 0.579. The number of carboxylic acid groups (broad SMARTS) is 1. The van der Waals surface area contributed by atoms with Crippen molar-refractivity contribution < 1.29 is 24.2 Å². The van der Waals surface area contributed by atoms with Gasteiger partial charge in [0.15, 0.2) is 18.1 Å². The van der Waals surface area contributed by atoms with Crippen LogP contribution in [0.15, 0.2) is 18.2 Å². The summed E-state index contributed by atoms with van der Waals surface area (Å²) in [6.45, 7) is 4.03. The summed E-state index contributed by atoms with van der Waals surface area (Å²) >= 11 is 0. The normalized spacial score (nSPS) is 20.0. The molecule has 0 spiro atoms. The van der Waals surface area contributed by atoms with Crippen LogP contribution in [0.25, 0.3) is 0 Å². The van der Waals surface area contributed by atoms with Crippen molar-refractivity contribution in [3.63, 3.8) is 0 Å². The lowest BCUT2D eigenvalue weighted by atomic mass is 9.86. The Balaban J connectivity index is 2.12. The Labute approximate surface area is 148 Å². The van der Waals surface area contributed by atoms with E-state index >= 15 is 0 Å². The van der Waals surface area contributed by atoms with E-state index in [1.54, 1.807) is 18.2 Å². The zero-order chi connectivity index (χ0) is 18.4. The van der Waals surface area contributed by atoms with E-state index in [1.807, 2.05) is 18.9 Å². The van der Waals surface area contributed by atoms with E-state index in [1.165, 1.54) is 0 Å². The molecule has 0 radical (unpaired) electrons. The summed E-state index contributed by atoms with van der Waals surface area (Å²) in [6.07, 6.45) is 4.35. The first-order valence-electron chi connectivity index (χ1n) is 8.81. The molecule has 0 aliphatic heterocycles. The zero-order valence-corrected chi connectivity index (χ0v) is 15.2. The van der Waals surface area contributed by atoms with E-state index in [2.05, 4.69) is 6.92 Å². The first-order chi connectivity index (χ1) is 11.9. The van der Waals surface area contributed by atoms with Crippen LogP contribution in [-0.4, -0.2) is 48.2 Å². The van der Waals surface area contributed by atoms with E-state index in [0.29, 0.717) is 23.7 Å². The van der Waals surface area contributed by atoms with Gasteiger partial charge in [0.25, 0.3) is 5.91 Å². The summed E-state index contributed by atoms with van der Waals surface area (Å²) < 4.78 is 10.7. The topological polar surface area (TPSA) is 76.1 Å². The van der Waals surface area contributed by atoms with Crippen LogP contribution in [0.5, 0.6) is 11.5 Å². The van der Waals surface area contributed by atoms with Crippen molar-refractivity contribution in [2.45, 2.75) is 45.6 Å². The van der Waals surface area contributed by atoms with Gasteiger partial charge in [-0.3, -0.25) is 4.79 Å². The van der Waals surface area contributed by atoms with Crippen LogP contribution in [0.1, 0.15) is 49.9 Å². The van der Waals surface area contributed by atoms with Gasteiger partial charge in [0, 0.05) is 18.7 Å². The molecular weight excluding hydrogens is 322 g/mol. The molecule has 25 heavy (non-hydrogen) atoms. The average Bonchev–Trinajstić information content (AvgIpc) is 2.60. The van der Waals surface area contributed by atoms with Crippen molar-refractivity contribution in [1.82, 2.24) is 4.90 Å². The van der Waals surface area contributed by atoms with E-state index in [-0.39, 0.29) is 11.9 Å². The molecule has 0 bridgehead atoms. The zero-order valence-electron chi connectivity index (χ0n) is 15.2. The molecular formula is C19H27NO5. The Morgan fingerprint density at radius 1 is 1.16 bits per heavy atom. The van der Waals surface area contributed by atoms with Crippen LogP contribution >= 0.6 is 0 Å². The number of aliphatic carboxylic acids is 1. The number of hydrogen-bond donors (Lipinski definition) is 1. The summed E-state index contributed by atoms with van der Waals surface area (Å²) in [7, 11) is 1.85. The first-order valence-corrected chi connectivity index (χ1v) is 8.81. The lowest BCUT2D eigenvalue weighted by Gasteiger charge is -2.33. The lowest BCUT2D eigenvalue weighted by molar-refractivity contribution is -0.139. The molecule has 0 saturated heterocycles. The van der Waals surface area contributed by atoms with E-state index < -0.39 is 12.6 Å². The third-order valence-corrected chi connectivity index (χ3v) is 4.70. The number of nitrogens with zero attached hydrogens (tertiary/aromatic N) is 1. The van der Waals surface area contributed by atoms with E-state index in [4.69, 9.17) is 14.6 Å². The highest BCUT2D eigenvalue weighted by atomic mass is 16.5. The smallest absolute Gasteiger partial charge is 0.341 e. The second kappa shape index (κ2) is 8.74. The number of carboxylic acids is 1. The van der Waals surface area contributed by atoms with Gasteiger partial charge >= 0.3 is 5.97 Å². The molecule has 6 heteroatoms. The van der Waals surface area contributed by atoms with Gasteiger partial charge in [0.05, 0.1) is 6.61 Å². The minimum absolute atomic E-state index is 0.0507. The molecule has 0 heterocycles. The van der Waals surface area contributed by atoms with Gasteiger partial charge in [-0.15, -0.1) is 0 Å². The molecule has 1 aromatic carbocycles. The fourth-order valence-electron chi connectivity index (χ4n) is 3.17. The third kappa shape index (κ3) is 5.11. The van der Waals surface area contributed by atoms with Gasteiger partial charge < -0.3 is 19.5 Å². The van der Waals surface area contributed by atoms with E-state index in [9.17, 15) is 9.59 Å². The van der Waals surface area contributed by atoms with Gasteiger partial charge in [0.2, 0.25) is 0 Å². The van der Waals surface area contributed by atoms with Crippen molar-refractivity contribution in [3.05, 3.63) is 23.8 Å². The SMILES string of the molecule is CCOc1cc(C(=O)N(C)C2CCC(C)CC2)ccc1OCC(=O)O. The number of rotatable bonds is 7. The van der Waals surface area contributed by atoms with Crippen molar-refractivity contribution >= 4 is 11.9 Å². The van der Waals surface area contributed by atoms with Crippen LogP contribution < -0.4 is 9.47 Å². The molecule has 1 aromatic rings. The maximum atomic E-state index is 12.8. The van der Waals surface area contributed by atoms with Gasteiger partial charge in [-0.2, -0.15) is 0 Å². The van der Waals surface area contributed by atoms with Crippen LogP contribution in [-0.2, 0) is 4.79 Å². The fourth-order valence-corrected chi connectivity index (χ4v) is 3.17. The van der Waals surface area contributed by atoms with Gasteiger partial charge in [0.1, 0.15) is 0 Å². The molecule has 1 saturated carbocycles. The number of amides is 1. The van der Waals surface area contributed by atoms with Gasteiger partial charge in [-0.25, -0.2) is 4.79 Å². The lowest BCUT2D eigenvalue weighted by Crippen LogP contribution is -2.39. The number of carbonyl (C=O) groups excluding carboxylic acids is 1. The standard InChI is InChI=1S/C19H27NO5/c1-4-24-17-11-14(7-10-16(17)25-12-18(21)22)19(23)20(3)15-8-5-13(2)6-9-15/h7,10-11,13,15H,4-6,8-9,12H2,1-3H3,(H,21,22). The number of benzene rings is 1. The molecule has 1 aliphatic rings. The largest absolute Gasteiger partial charge is 0.490 e. The maximum absolute atomic E-state index is 12.8. The van der Waals surface area contributed by atoms with Crippen molar-refractivity contribution in [2.75, 3.05) is 20.3 Å². The predicted octanol–water partition coefficient (Wildman–Crippen LogP) is 3.20. The first kappa shape index (κ1) is 19.1. The molecule has 1 aliphatic carbocycles. The summed E-state index contributed by atoms with van der Waals surface area (Å²) in [5.41, 5.74) is 0.521. The molecule has 1 N–H and O–H groups in total. The quantitative estimate of drug-likeness (QED) is 0.818. The average molecular weight is 349 g/mol. The molecule has 0 unspecified atom stereocenters. The Hall–Kier alpha value is -2.24. The highest BCUT2D eigenvalue weighted by Crippen LogP contribution is 2.31. The van der Waals surface area contributed by atoms with Gasteiger partial charge in [-0.1, -0.05) is 6.92 Å². The highest BCUT2D eigenvalue weighted by molar-refractivity contribution is 5.95. The Kier molecular flexibility index (Phi) is 6.67. The second-order valence-electron chi connectivity index (χ2n) is 6.61. The van der Waals surface area contributed by atoms with Crippen molar-refractivity contribution in [1.29, 1.82) is 0 Å². The molecule has 0 atom stereocenters. The summed E-state index contributed by atoms with van der Waals surface area (Å²) in [5.74, 6) is 0.337. The summed E-state index contributed by atoms with van der Waals surface area (Å²) in [6, 6.07) is 5.15. The maximum Gasteiger partial charge on any atom is 0.341 e. The molecule has 2 rings (SSSR count). The minimum atomic E-state index is -1.06. The Morgan fingerprint density at radius 3 is 2.44 bits per heavy atom. The third-order valence-electron chi connectivity index (χ3n) is 4.70. The minimum Gasteiger partial charge on any atom is -0.490 e. The summed E-state index contributed by atoms with van der Waals surface area (Å²) in [5, 5.41) is 8.75. The number of carbonyl (C=O) groups is 2. The second-order valence-corrected chi connectivity index (χ2v) is 6.61. The molecule has 6 nitrogen and oxygen atoms in total. The van der Waals surface area contributed by atoms with Crippen LogP contribution in [0, 0.1) is 5.92 Å². The van der Waals surface area contributed by atoms with Crippen LogP contribution in [0.3, 0.4) is 0 Å². The monoisotopic (exact) mass is 349 g/mol. The van der Waals surface area contributed by atoms with Crippen LogP contribution in [0.4, 0.5) is 0 Å². The molecule has 0 aromatic heterocycles. The Morgan fingerprint density at radius 2 is 1.84 bits per heavy atom. The van der Waals surface area contributed by atoms with Crippen molar-refractivity contribution in [2.24, 2.45) is 5.92 Å². The number of ether oxygens (including phenoxy) is 2. The predicted molar refractivity (Wildman–Crippen MR) is 94.3 cm³/mol. The van der Waals surface area contributed by atoms with E-state index in [0.717, 1.165) is 31.6 Å². The van der Waals surface area contributed by atoms with Crippen molar-refractivity contribution in [3.8, 4) is 11.5 Å². The van der Waals surface area contributed by atoms with Gasteiger partial charge in [-0.05, 0) is 56.7 Å². The summed E-state index contributed by atoms with van der Waals surface area (Å²) in [4.78, 5) is 25.3. The van der Waals surface area contributed by atoms with Crippen LogP contribution in [0.2, 0.25) is 0 Å². The molecule has 1 fully saturated rings. The molecule has 138 valence electrons.